The van der Waals surface area contributed by atoms with Crippen LogP contribution in [0.25, 0.3) is 0 Å². The van der Waals surface area contributed by atoms with Crippen LogP contribution in [0.2, 0.25) is 0 Å². The summed E-state index contributed by atoms with van der Waals surface area (Å²) in [6, 6.07) is 8.66. The van der Waals surface area contributed by atoms with Crippen molar-refractivity contribution in [1.29, 1.82) is 0 Å². The molecule has 0 bridgehead atoms. The molecule has 0 spiro atoms. The van der Waals surface area contributed by atoms with Crippen LogP contribution in [0.4, 0.5) is 0 Å². The Morgan fingerprint density at radius 2 is 1.74 bits per heavy atom. The van der Waals surface area contributed by atoms with Crippen molar-refractivity contribution in [2.75, 3.05) is 26.2 Å². The van der Waals surface area contributed by atoms with Gasteiger partial charge in [-0.3, -0.25) is 9.69 Å². The van der Waals surface area contributed by atoms with Crippen molar-refractivity contribution in [1.82, 2.24) is 20.0 Å². The summed E-state index contributed by atoms with van der Waals surface area (Å²) in [4.78, 5) is 16.8. The summed E-state index contributed by atoms with van der Waals surface area (Å²) in [5, 5.41) is 7.90. The summed E-state index contributed by atoms with van der Waals surface area (Å²) in [6.07, 6.45) is 1.36. The molecule has 6 heteroatoms. The van der Waals surface area contributed by atoms with Crippen LogP contribution in [0, 0.1) is 6.92 Å². The van der Waals surface area contributed by atoms with E-state index in [-0.39, 0.29) is 11.3 Å². The van der Waals surface area contributed by atoms with Gasteiger partial charge in [0.25, 0.3) is 0 Å². The second kappa shape index (κ2) is 8.21. The van der Waals surface area contributed by atoms with Crippen molar-refractivity contribution in [2.24, 2.45) is 0 Å². The maximum atomic E-state index is 12.5. The van der Waals surface area contributed by atoms with Gasteiger partial charge in [-0.1, -0.05) is 45.0 Å². The topological polar surface area (TPSA) is 62.5 Å². The number of carbonyl (C=O) groups is 1. The SMILES string of the molecule is Cc1nnc(CN2CCN(C(=O)CCc3ccc(C(C)(C)C)cc3)CC2)o1. The zero-order chi connectivity index (χ0) is 19.4. The van der Waals surface area contributed by atoms with Gasteiger partial charge in [0.2, 0.25) is 17.7 Å². The molecular weight excluding hydrogens is 340 g/mol. The van der Waals surface area contributed by atoms with E-state index in [1.165, 1.54) is 11.1 Å². The third-order valence-corrected chi connectivity index (χ3v) is 5.10. The van der Waals surface area contributed by atoms with Crippen LogP contribution < -0.4 is 0 Å². The Morgan fingerprint density at radius 3 is 2.30 bits per heavy atom. The summed E-state index contributed by atoms with van der Waals surface area (Å²) >= 11 is 0. The van der Waals surface area contributed by atoms with Gasteiger partial charge in [-0.15, -0.1) is 10.2 Å². The molecule has 1 aromatic carbocycles. The number of aromatic nitrogens is 2. The van der Waals surface area contributed by atoms with E-state index >= 15 is 0 Å². The summed E-state index contributed by atoms with van der Waals surface area (Å²) < 4.78 is 5.43. The van der Waals surface area contributed by atoms with Crippen molar-refractivity contribution in [3.63, 3.8) is 0 Å². The highest BCUT2D eigenvalue weighted by Crippen LogP contribution is 2.22. The highest BCUT2D eigenvalue weighted by atomic mass is 16.4. The average Bonchev–Trinajstić information content (AvgIpc) is 3.04. The highest BCUT2D eigenvalue weighted by molar-refractivity contribution is 5.76. The molecule has 3 rings (SSSR count). The third-order valence-electron chi connectivity index (χ3n) is 5.10. The first-order chi connectivity index (χ1) is 12.8. The smallest absolute Gasteiger partial charge is 0.230 e. The maximum Gasteiger partial charge on any atom is 0.230 e. The van der Waals surface area contributed by atoms with E-state index in [1.54, 1.807) is 6.92 Å². The van der Waals surface area contributed by atoms with E-state index in [0.717, 1.165) is 32.6 Å². The van der Waals surface area contributed by atoms with Crippen LogP contribution in [0.5, 0.6) is 0 Å². The number of piperazine rings is 1. The van der Waals surface area contributed by atoms with E-state index in [0.29, 0.717) is 24.7 Å². The normalized spacial score (nSPS) is 15.9. The van der Waals surface area contributed by atoms with Gasteiger partial charge in [0.1, 0.15) is 0 Å². The predicted molar refractivity (Wildman–Crippen MR) is 104 cm³/mol. The molecule has 6 nitrogen and oxygen atoms in total. The Kier molecular flexibility index (Phi) is 5.95. The Labute approximate surface area is 161 Å². The molecule has 1 aliphatic rings. The van der Waals surface area contributed by atoms with Crippen molar-refractivity contribution in [3.8, 4) is 0 Å². The number of aryl methyl sites for hydroxylation is 2. The lowest BCUT2D eigenvalue weighted by Gasteiger charge is -2.34. The van der Waals surface area contributed by atoms with E-state index in [9.17, 15) is 4.79 Å². The molecule has 2 aromatic rings. The number of hydrogen-bond acceptors (Lipinski definition) is 5. The summed E-state index contributed by atoms with van der Waals surface area (Å²) in [5.41, 5.74) is 2.71. The van der Waals surface area contributed by atoms with Gasteiger partial charge in [0, 0.05) is 39.5 Å². The lowest BCUT2D eigenvalue weighted by molar-refractivity contribution is -0.133. The number of carbonyl (C=O) groups excluding carboxylic acids is 1. The Hall–Kier alpha value is -2.21. The average molecular weight is 370 g/mol. The molecule has 0 aliphatic carbocycles. The molecule has 27 heavy (non-hydrogen) atoms. The van der Waals surface area contributed by atoms with E-state index < -0.39 is 0 Å². The van der Waals surface area contributed by atoms with Gasteiger partial charge in [-0.2, -0.15) is 0 Å². The number of rotatable bonds is 5. The Morgan fingerprint density at radius 1 is 1.07 bits per heavy atom. The lowest BCUT2D eigenvalue weighted by Crippen LogP contribution is -2.48. The van der Waals surface area contributed by atoms with E-state index in [1.807, 2.05) is 4.90 Å². The van der Waals surface area contributed by atoms with Gasteiger partial charge >= 0.3 is 0 Å². The van der Waals surface area contributed by atoms with Crippen LogP contribution in [0.3, 0.4) is 0 Å². The number of hydrogen-bond donors (Lipinski definition) is 0. The van der Waals surface area contributed by atoms with Crippen molar-refractivity contribution in [2.45, 2.75) is 52.5 Å². The Balaban J connectivity index is 1.43. The third kappa shape index (κ3) is 5.39. The summed E-state index contributed by atoms with van der Waals surface area (Å²) in [6.45, 7) is 12.3. The zero-order valence-corrected chi connectivity index (χ0v) is 16.9. The number of nitrogens with zero attached hydrogens (tertiary/aromatic N) is 4. The number of amides is 1. The molecular formula is C21H30N4O2. The van der Waals surface area contributed by atoms with Crippen LogP contribution in [0.1, 0.15) is 50.1 Å². The molecule has 1 fully saturated rings. The maximum absolute atomic E-state index is 12.5. The molecule has 0 unspecified atom stereocenters. The van der Waals surface area contributed by atoms with Crippen molar-refractivity contribution >= 4 is 5.91 Å². The van der Waals surface area contributed by atoms with Crippen LogP contribution in [-0.2, 0) is 23.2 Å². The van der Waals surface area contributed by atoms with Crippen LogP contribution in [-0.4, -0.2) is 52.1 Å². The first kappa shape index (κ1) is 19.5. The van der Waals surface area contributed by atoms with Gasteiger partial charge < -0.3 is 9.32 Å². The van der Waals surface area contributed by atoms with E-state index in [2.05, 4.69) is 60.1 Å². The number of benzene rings is 1. The molecule has 0 N–H and O–H groups in total. The predicted octanol–water partition coefficient (Wildman–Crippen LogP) is 2.95. The zero-order valence-electron chi connectivity index (χ0n) is 16.9. The van der Waals surface area contributed by atoms with Crippen LogP contribution >= 0.6 is 0 Å². The molecule has 0 radical (unpaired) electrons. The van der Waals surface area contributed by atoms with E-state index in [4.69, 9.17) is 4.42 Å². The first-order valence-electron chi connectivity index (χ1n) is 9.70. The van der Waals surface area contributed by atoms with Gasteiger partial charge in [-0.05, 0) is 23.0 Å². The van der Waals surface area contributed by atoms with Crippen molar-refractivity contribution in [3.05, 3.63) is 47.2 Å². The molecule has 1 amide bonds. The quantitative estimate of drug-likeness (QED) is 0.810. The van der Waals surface area contributed by atoms with Crippen molar-refractivity contribution < 1.29 is 9.21 Å². The Bertz CT molecular complexity index is 753. The largest absolute Gasteiger partial charge is 0.424 e. The molecule has 1 aromatic heterocycles. The second-order valence-corrected chi connectivity index (χ2v) is 8.32. The van der Waals surface area contributed by atoms with Gasteiger partial charge in [-0.25, -0.2) is 0 Å². The minimum atomic E-state index is 0.161. The molecule has 1 aliphatic heterocycles. The second-order valence-electron chi connectivity index (χ2n) is 8.32. The minimum absolute atomic E-state index is 0.161. The fraction of sp³-hybridized carbons (Fsp3) is 0.571. The van der Waals surface area contributed by atoms with Gasteiger partial charge in [0.05, 0.1) is 6.54 Å². The van der Waals surface area contributed by atoms with Gasteiger partial charge in [0.15, 0.2) is 0 Å². The fourth-order valence-corrected chi connectivity index (χ4v) is 3.33. The molecule has 2 heterocycles. The molecule has 146 valence electrons. The minimum Gasteiger partial charge on any atom is -0.424 e. The standard InChI is InChI=1S/C21H30N4O2/c1-16-22-23-19(27-16)15-24-11-13-25(14-12-24)20(26)10-7-17-5-8-18(9-6-17)21(2,3)4/h5-6,8-9H,7,10-15H2,1-4H3. The summed E-state index contributed by atoms with van der Waals surface area (Å²) in [7, 11) is 0. The monoisotopic (exact) mass is 370 g/mol. The highest BCUT2D eigenvalue weighted by Gasteiger charge is 2.22. The molecule has 1 saturated heterocycles. The lowest BCUT2D eigenvalue weighted by atomic mass is 9.86. The summed E-state index contributed by atoms with van der Waals surface area (Å²) in [5.74, 6) is 1.48. The first-order valence-corrected chi connectivity index (χ1v) is 9.70. The van der Waals surface area contributed by atoms with Crippen LogP contribution in [0.15, 0.2) is 28.7 Å². The molecule has 0 atom stereocenters. The fourth-order valence-electron chi connectivity index (χ4n) is 3.33. The molecule has 0 saturated carbocycles.